The van der Waals surface area contributed by atoms with Gasteiger partial charge in [0.1, 0.15) is 4.21 Å². The highest BCUT2D eigenvalue weighted by Crippen LogP contribution is 2.29. The van der Waals surface area contributed by atoms with E-state index in [1.165, 1.54) is 15.6 Å². The highest BCUT2D eigenvalue weighted by atomic mass is 32.2. The number of nitrogens with zero attached hydrogens (tertiary/aromatic N) is 1. The Balaban J connectivity index is 2.20. The van der Waals surface area contributed by atoms with E-state index in [0.717, 1.165) is 17.7 Å². The Morgan fingerprint density at radius 1 is 1.50 bits per heavy atom. The topological polar surface area (TPSA) is 57.6 Å². The Bertz CT molecular complexity index is 507. The standard InChI is InChI=1S/C12H19NO3S2/c1-9-5-6-12(17-9)18(15,16)13-7-3-4-11(8-13)10(2)14/h5-6,10-11,14H,3-4,7-8H2,1-2H3. The number of hydrogen-bond acceptors (Lipinski definition) is 4. The minimum atomic E-state index is -3.37. The van der Waals surface area contributed by atoms with E-state index in [4.69, 9.17) is 0 Å². The summed E-state index contributed by atoms with van der Waals surface area (Å²) in [6, 6.07) is 3.50. The number of aliphatic hydroxyl groups is 1. The van der Waals surface area contributed by atoms with Gasteiger partial charge < -0.3 is 5.11 Å². The van der Waals surface area contributed by atoms with Gasteiger partial charge in [-0.1, -0.05) is 0 Å². The van der Waals surface area contributed by atoms with Gasteiger partial charge in [-0.15, -0.1) is 11.3 Å². The van der Waals surface area contributed by atoms with Crippen LogP contribution in [0.4, 0.5) is 0 Å². The molecule has 18 heavy (non-hydrogen) atoms. The van der Waals surface area contributed by atoms with Gasteiger partial charge in [-0.05, 0) is 44.7 Å². The summed E-state index contributed by atoms with van der Waals surface area (Å²) in [5, 5.41) is 9.62. The summed E-state index contributed by atoms with van der Waals surface area (Å²) in [6.07, 6.45) is 1.26. The van der Waals surface area contributed by atoms with Crippen LogP contribution < -0.4 is 0 Å². The van der Waals surface area contributed by atoms with Crippen molar-refractivity contribution in [1.82, 2.24) is 4.31 Å². The molecule has 4 nitrogen and oxygen atoms in total. The predicted octanol–water partition coefficient (Wildman–Crippen LogP) is 1.84. The van der Waals surface area contributed by atoms with Crippen LogP contribution in [0.2, 0.25) is 0 Å². The largest absolute Gasteiger partial charge is 0.393 e. The molecule has 2 rings (SSSR count). The van der Waals surface area contributed by atoms with Crippen LogP contribution in [0, 0.1) is 12.8 Å². The van der Waals surface area contributed by atoms with Crippen molar-refractivity contribution in [1.29, 1.82) is 0 Å². The molecule has 6 heteroatoms. The van der Waals surface area contributed by atoms with Crippen LogP contribution in [0.25, 0.3) is 0 Å². The summed E-state index contributed by atoms with van der Waals surface area (Å²) in [6.45, 7) is 4.62. The van der Waals surface area contributed by atoms with E-state index in [1.807, 2.05) is 13.0 Å². The molecule has 2 atom stereocenters. The normalized spacial score (nSPS) is 24.1. The molecule has 1 aromatic heterocycles. The minimum absolute atomic E-state index is 0.0505. The lowest BCUT2D eigenvalue weighted by molar-refractivity contribution is 0.0886. The van der Waals surface area contributed by atoms with Crippen LogP contribution >= 0.6 is 11.3 Å². The van der Waals surface area contributed by atoms with Crippen LogP contribution in [-0.2, 0) is 10.0 Å². The van der Waals surface area contributed by atoms with Crippen molar-refractivity contribution in [3.05, 3.63) is 17.0 Å². The SMILES string of the molecule is Cc1ccc(S(=O)(=O)N2CCCC(C(C)O)C2)s1. The molecule has 0 amide bonds. The fourth-order valence-corrected chi connectivity index (χ4v) is 5.24. The summed E-state index contributed by atoms with van der Waals surface area (Å²) in [7, 11) is -3.37. The first-order valence-electron chi connectivity index (χ1n) is 6.16. The fourth-order valence-electron chi connectivity index (χ4n) is 2.26. The second-order valence-electron chi connectivity index (χ2n) is 4.87. The van der Waals surface area contributed by atoms with Gasteiger partial charge in [0.15, 0.2) is 0 Å². The Kier molecular flexibility index (Phi) is 4.11. The molecule has 2 heterocycles. The summed E-state index contributed by atoms with van der Waals surface area (Å²) in [4.78, 5) is 0.998. The number of aliphatic hydroxyl groups excluding tert-OH is 1. The molecule has 0 spiro atoms. The van der Waals surface area contributed by atoms with Crippen molar-refractivity contribution in [3.8, 4) is 0 Å². The summed E-state index contributed by atoms with van der Waals surface area (Å²) in [5.41, 5.74) is 0. The van der Waals surface area contributed by atoms with Crippen molar-refractivity contribution in [2.75, 3.05) is 13.1 Å². The Morgan fingerprint density at radius 3 is 2.78 bits per heavy atom. The molecule has 1 saturated heterocycles. The molecule has 0 aromatic carbocycles. The van der Waals surface area contributed by atoms with Gasteiger partial charge >= 0.3 is 0 Å². The zero-order valence-electron chi connectivity index (χ0n) is 10.7. The van der Waals surface area contributed by atoms with Gasteiger partial charge in [0.2, 0.25) is 0 Å². The number of piperidine rings is 1. The van der Waals surface area contributed by atoms with E-state index >= 15 is 0 Å². The number of sulfonamides is 1. The molecule has 0 aliphatic carbocycles. The van der Waals surface area contributed by atoms with Gasteiger partial charge in [-0.25, -0.2) is 8.42 Å². The van der Waals surface area contributed by atoms with Gasteiger partial charge in [0.05, 0.1) is 6.10 Å². The second-order valence-corrected chi connectivity index (χ2v) is 8.32. The van der Waals surface area contributed by atoms with E-state index in [-0.39, 0.29) is 5.92 Å². The minimum Gasteiger partial charge on any atom is -0.393 e. The quantitative estimate of drug-likeness (QED) is 0.923. The molecule has 1 N–H and O–H groups in total. The smallest absolute Gasteiger partial charge is 0.252 e. The second kappa shape index (κ2) is 5.28. The van der Waals surface area contributed by atoms with Crippen LogP contribution in [0.1, 0.15) is 24.6 Å². The lowest BCUT2D eigenvalue weighted by Gasteiger charge is -2.32. The molecule has 1 aromatic rings. The molecular weight excluding hydrogens is 270 g/mol. The van der Waals surface area contributed by atoms with Crippen molar-refractivity contribution in [3.63, 3.8) is 0 Å². The third-order valence-electron chi connectivity index (χ3n) is 3.41. The molecular formula is C12H19NO3S2. The van der Waals surface area contributed by atoms with E-state index in [9.17, 15) is 13.5 Å². The van der Waals surface area contributed by atoms with E-state index in [2.05, 4.69) is 0 Å². The first-order chi connectivity index (χ1) is 8.41. The number of hydrogen-bond donors (Lipinski definition) is 1. The lowest BCUT2D eigenvalue weighted by Crippen LogP contribution is -2.42. The average molecular weight is 289 g/mol. The monoisotopic (exact) mass is 289 g/mol. The third-order valence-corrected chi connectivity index (χ3v) is 6.75. The van der Waals surface area contributed by atoms with Crippen LogP contribution in [-0.4, -0.2) is 37.0 Å². The van der Waals surface area contributed by atoms with Crippen molar-refractivity contribution in [2.24, 2.45) is 5.92 Å². The highest BCUT2D eigenvalue weighted by molar-refractivity contribution is 7.91. The fraction of sp³-hybridized carbons (Fsp3) is 0.667. The average Bonchev–Trinajstić information content (AvgIpc) is 2.77. The first kappa shape index (κ1) is 14.0. The number of aryl methyl sites for hydroxylation is 1. The maximum Gasteiger partial charge on any atom is 0.252 e. The predicted molar refractivity (Wildman–Crippen MR) is 72.2 cm³/mol. The van der Waals surface area contributed by atoms with Gasteiger partial charge in [0.25, 0.3) is 10.0 Å². The van der Waals surface area contributed by atoms with Gasteiger partial charge in [0, 0.05) is 18.0 Å². The van der Waals surface area contributed by atoms with Crippen LogP contribution in [0.15, 0.2) is 16.3 Å². The maximum absolute atomic E-state index is 12.4. The molecule has 1 aliphatic rings. The molecule has 1 aliphatic heterocycles. The van der Waals surface area contributed by atoms with Gasteiger partial charge in [-0.3, -0.25) is 0 Å². The van der Waals surface area contributed by atoms with Crippen molar-refractivity contribution in [2.45, 2.75) is 37.0 Å². The number of rotatable bonds is 3. The number of thiophene rings is 1. The highest BCUT2D eigenvalue weighted by Gasteiger charge is 2.32. The summed E-state index contributed by atoms with van der Waals surface area (Å²) >= 11 is 1.31. The van der Waals surface area contributed by atoms with Crippen molar-refractivity contribution < 1.29 is 13.5 Å². The van der Waals surface area contributed by atoms with Crippen LogP contribution in [0.5, 0.6) is 0 Å². The molecule has 0 radical (unpaired) electrons. The van der Waals surface area contributed by atoms with Crippen LogP contribution in [0.3, 0.4) is 0 Å². The van der Waals surface area contributed by atoms with E-state index in [1.54, 1.807) is 13.0 Å². The zero-order valence-corrected chi connectivity index (χ0v) is 12.3. The molecule has 0 bridgehead atoms. The lowest BCUT2D eigenvalue weighted by atomic mass is 9.95. The first-order valence-corrected chi connectivity index (χ1v) is 8.41. The molecule has 102 valence electrons. The van der Waals surface area contributed by atoms with E-state index < -0.39 is 16.1 Å². The molecule has 2 unspecified atom stereocenters. The Labute approximate surface area is 112 Å². The third kappa shape index (κ3) is 2.77. The van der Waals surface area contributed by atoms with Crippen molar-refractivity contribution >= 4 is 21.4 Å². The maximum atomic E-state index is 12.4. The molecule has 0 saturated carbocycles. The summed E-state index contributed by atoms with van der Waals surface area (Å²) in [5.74, 6) is 0.0505. The van der Waals surface area contributed by atoms with Gasteiger partial charge in [-0.2, -0.15) is 4.31 Å². The summed E-state index contributed by atoms with van der Waals surface area (Å²) < 4.78 is 26.8. The van der Waals surface area contributed by atoms with E-state index in [0.29, 0.717) is 17.3 Å². The zero-order chi connectivity index (χ0) is 13.3. The Hall–Kier alpha value is -0.430. The molecule has 1 fully saturated rings. The Morgan fingerprint density at radius 2 is 2.22 bits per heavy atom.